The molecule has 0 radical (unpaired) electrons. The molecule has 0 atom stereocenters. The van der Waals surface area contributed by atoms with E-state index in [4.69, 9.17) is 9.72 Å². The molecule has 0 fully saturated rings. The lowest BCUT2D eigenvalue weighted by atomic mass is 9.85. The third-order valence-corrected chi connectivity index (χ3v) is 6.25. The first-order valence-corrected chi connectivity index (χ1v) is 11.2. The molecule has 4 rings (SSSR count). The van der Waals surface area contributed by atoms with Gasteiger partial charge in [0.15, 0.2) is 5.69 Å². The lowest BCUT2D eigenvalue weighted by molar-refractivity contribution is 0.0687. The van der Waals surface area contributed by atoms with Gasteiger partial charge in [0.25, 0.3) is 0 Å². The number of benzene rings is 2. The summed E-state index contributed by atoms with van der Waals surface area (Å²) in [6, 6.07) is 13.4. The topological polar surface area (TPSA) is 89.3 Å². The van der Waals surface area contributed by atoms with Crippen LogP contribution >= 0.6 is 15.9 Å². The minimum absolute atomic E-state index is 0.00445. The van der Waals surface area contributed by atoms with E-state index in [1.54, 1.807) is 6.07 Å². The number of ether oxygens (including phenoxy) is 1. The predicted molar refractivity (Wildman–Crippen MR) is 133 cm³/mol. The van der Waals surface area contributed by atoms with Gasteiger partial charge >= 0.3 is 5.97 Å². The largest absolute Gasteiger partial charge is 0.476 e. The number of carboxylic acids is 1. The number of nitrogens with zero attached hydrogens (tertiary/aromatic N) is 3. The third kappa shape index (κ3) is 4.57. The maximum atomic E-state index is 11.7. The van der Waals surface area contributed by atoms with Crippen molar-refractivity contribution in [2.45, 2.75) is 33.1 Å². The highest BCUT2D eigenvalue weighted by atomic mass is 79.9. The molecule has 2 heterocycles. The number of pyridine rings is 1. The van der Waals surface area contributed by atoms with Gasteiger partial charge in [-0.3, -0.25) is 0 Å². The lowest BCUT2D eigenvalue weighted by Crippen LogP contribution is -2.19. The Hall–Kier alpha value is -3.39. The summed E-state index contributed by atoms with van der Waals surface area (Å²) >= 11 is 3.52. The molecule has 8 heteroatoms. The van der Waals surface area contributed by atoms with Crippen LogP contribution in [0.2, 0.25) is 0 Å². The maximum absolute atomic E-state index is 11.7. The molecule has 0 spiro atoms. The monoisotopic (exact) mass is 508 g/mol. The number of fused-ring (bicyclic) bond motifs is 1. The van der Waals surface area contributed by atoms with Crippen molar-refractivity contribution in [1.29, 1.82) is 0 Å². The summed E-state index contributed by atoms with van der Waals surface area (Å²) in [5.41, 5.74) is 3.85. The molecule has 170 valence electrons. The summed E-state index contributed by atoms with van der Waals surface area (Å²) in [7, 11) is 1.95. The van der Waals surface area contributed by atoms with Crippen molar-refractivity contribution in [2.75, 3.05) is 5.32 Å². The van der Waals surface area contributed by atoms with Crippen molar-refractivity contribution in [3.8, 4) is 11.5 Å². The van der Waals surface area contributed by atoms with Crippen LogP contribution in [-0.2, 0) is 12.5 Å². The Bertz CT molecular complexity index is 1370. The second kappa shape index (κ2) is 8.51. The zero-order valence-corrected chi connectivity index (χ0v) is 20.7. The first-order chi connectivity index (χ1) is 15.5. The van der Waals surface area contributed by atoms with Crippen LogP contribution in [0.5, 0.6) is 11.5 Å². The van der Waals surface area contributed by atoms with Gasteiger partial charge in [0.2, 0.25) is 5.95 Å². The zero-order valence-electron chi connectivity index (χ0n) is 19.1. The molecule has 0 unspecified atom stereocenters. The Morgan fingerprint density at radius 2 is 1.91 bits per heavy atom. The van der Waals surface area contributed by atoms with Crippen LogP contribution in [0.1, 0.15) is 42.4 Å². The normalized spacial score (nSPS) is 11.6. The number of anilines is 2. The summed E-state index contributed by atoms with van der Waals surface area (Å²) in [6.07, 6.45) is 1.45. The first kappa shape index (κ1) is 22.8. The fraction of sp³-hybridized carbons (Fsp3) is 0.240. The molecule has 0 saturated heterocycles. The summed E-state index contributed by atoms with van der Waals surface area (Å²) < 4.78 is 9.18. The molecule has 7 nitrogen and oxygen atoms in total. The Morgan fingerprint density at radius 3 is 2.58 bits per heavy atom. The van der Waals surface area contributed by atoms with Crippen LogP contribution in [-0.4, -0.2) is 25.6 Å². The maximum Gasteiger partial charge on any atom is 0.354 e. The van der Waals surface area contributed by atoms with Crippen molar-refractivity contribution in [1.82, 2.24) is 14.5 Å². The summed E-state index contributed by atoms with van der Waals surface area (Å²) in [6.45, 7) is 7.85. The molecule has 4 aromatic rings. The molecule has 0 amide bonds. The Labute approximate surface area is 200 Å². The number of aryl methyl sites for hydroxylation is 2. The minimum atomic E-state index is -1.08. The van der Waals surface area contributed by atoms with Gasteiger partial charge in [-0.15, -0.1) is 0 Å². The third-order valence-electron chi connectivity index (χ3n) is 5.36. The van der Waals surface area contributed by atoms with Gasteiger partial charge in [-0.2, -0.15) is 0 Å². The van der Waals surface area contributed by atoms with Gasteiger partial charge in [0.1, 0.15) is 11.5 Å². The van der Waals surface area contributed by atoms with Gasteiger partial charge in [-0.1, -0.05) is 36.7 Å². The van der Waals surface area contributed by atoms with Gasteiger partial charge in [-0.05, 0) is 54.3 Å². The van der Waals surface area contributed by atoms with Gasteiger partial charge in [0, 0.05) is 35.0 Å². The number of hydrogen-bond acceptors (Lipinski definition) is 5. The molecule has 2 aromatic heterocycles. The van der Waals surface area contributed by atoms with Gasteiger partial charge in [-0.25, -0.2) is 14.8 Å². The van der Waals surface area contributed by atoms with Crippen LogP contribution in [0.3, 0.4) is 0 Å². The second-order valence-corrected chi connectivity index (χ2v) is 9.78. The van der Waals surface area contributed by atoms with E-state index in [9.17, 15) is 9.90 Å². The van der Waals surface area contributed by atoms with E-state index in [2.05, 4.69) is 32.3 Å². The molecular weight excluding hydrogens is 484 g/mol. The number of halogens is 1. The van der Waals surface area contributed by atoms with E-state index in [-0.39, 0.29) is 5.69 Å². The van der Waals surface area contributed by atoms with Crippen LogP contribution in [0.15, 0.2) is 53.1 Å². The number of carbonyl (C=O) groups is 1. The molecule has 0 bridgehead atoms. The fourth-order valence-corrected chi connectivity index (χ4v) is 4.00. The number of imidazole rings is 1. The molecule has 0 aliphatic heterocycles. The van der Waals surface area contributed by atoms with E-state index >= 15 is 0 Å². The number of nitrogens with one attached hydrogen (secondary N) is 1. The highest BCUT2D eigenvalue weighted by Crippen LogP contribution is 2.37. The Morgan fingerprint density at radius 1 is 1.15 bits per heavy atom. The van der Waals surface area contributed by atoms with Crippen LogP contribution in [0.25, 0.3) is 11.0 Å². The molecule has 2 aromatic carbocycles. The van der Waals surface area contributed by atoms with Crippen LogP contribution in [0.4, 0.5) is 11.6 Å². The smallest absolute Gasteiger partial charge is 0.354 e. The fourth-order valence-electron chi connectivity index (χ4n) is 3.75. The number of aromatic nitrogens is 3. The Kier molecular flexibility index (Phi) is 5.88. The van der Waals surface area contributed by atoms with E-state index in [0.717, 1.165) is 26.8 Å². The first-order valence-electron chi connectivity index (χ1n) is 10.4. The lowest BCUT2D eigenvalue weighted by Gasteiger charge is -2.23. The Balaban J connectivity index is 1.69. The van der Waals surface area contributed by atoms with Gasteiger partial charge in [0.05, 0.1) is 11.0 Å². The van der Waals surface area contributed by atoms with Crippen molar-refractivity contribution >= 4 is 44.6 Å². The molecule has 0 aliphatic carbocycles. The van der Waals surface area contributed by atoms with Crippen molar-refractivity contribution < 1.29 is 14.6 Å². The number of rotatable bonds is 5. The van der Waals surface area contributed by atoms with Gasteiger partial charge < -0.3 is 19.7 Å². The summed E-state index contributed by atoms with van der Waals surface area (Å²) in [5.74, 6) is 0.661. The average Bonchev–Trinajstić information content (AvgIpc) is 3.04. The minimum Gasteiger partial charge on any atom is -0.476 e. The molecule has 33 heavy (non-hydrogen) atoms. The highest BCUT2D eigenvalue weighted by molar-refractivity contribution is 9.10. The molecule has 2 N–H and O–H groups in total. The number of aromatic carboxylic acids is 1. The molecular formula is C25H25BrN4O3. The zero-order chi connectivity index (χ0) is 23.9. The van der Waals surface area contributed by atoms with Crippen molar-refractivity contribution in [2.24, 2.45) is 7.05 Å². The van der Waals surface area contributed by atoms with E-state index < -0.39 is 11.4 Å². The van der Waals surface area contributed by atoms with E-state index in [1.165, 1.54) is 6.20 Å². The summed E-state index contributed by atoms with van der Waals surface area (Å²) in [4.78, 5) is 20.5. The average molecular weight is 509 g/mol. The predicted octanol–water partition coefficient (Wildman–Crippen LogP) is 6.57. The SMILES string of the molecule is Cc1cc(Nc2nc3cc(Oc4ccnc(C(=O)O)c4C(C)(C)C)ccc3n2C)ccc1Br. The summed E-state index contributed by atoms with van der Waals surface area (Å²) in [5, 5.41) is 13.0. The van der Waals surface area contributed by atoms with Crippen LogP contribution < -0.4 is 10.1 Å². The highest BCUT2D eigenvalue weighted by Gasteiger charge is 2.27. The van der Waals surface area contributed by atoms with Crippen molar-refractivity contribution in [3.05, 3.63) is 70.0 Å². The molecule has 0 aliphatic rings. The second-order valence-electron chi connectivity index (χ2n) is 8.92. The quantitative estimate of drug-likeness (QED) is 0.316. The van der Waals surface area contributed by atoms with Crippen molar-refractivity contribution in [3.63, 3.8) is 0 Å². The van der Waals surface area contributed by atoms with E-state index in [0.29, 0.717) is 23.0 Å². The van der Waals surface area contributed by atoms with Crippen LogP contribution in [0, 0.1) is 6.92 Å². The standard InChI is InChI=1S/C25H25BrN4O3/c1-14-12-15(6-8-17(14)26)28-24-29-18-13-16(7-9-19(18)30(24)5)33-20-10-11-27-22(23(31)32)21(20)25(2,3)4/h6-13H,1-5H3,(H,28,29)(H,31,32). The molecule has 0 saturated carbocycles. The number of carboxylic acid groups (broad SMARTS) is 1. The number of hydrogen-bond donors (Lipinski definition) is 2. The van der Waals surface area contributed by atoms with E-state index in [1.807, 2.05) is 69.6 Å².